The van der Waals surface area contributed by atoms with Crippen molar-refractivity contribution in [3.05, 3.63) is 46.7 Å². The van der Waals surface area contributed by atoms with Gasteiger partial charge in [0.2, 0.25) is 0 Å². The third-order valence-corrected chi connectivity index (χ3v) is 3.13. The molecule has 18 heavy (non-hydrogen) atoms. The Morgan fingerprint density at radius 3 is 2.67 bits per heavy atom. The molecule has 94 valence electrons. The van der Waals surface area contributed by atoms with Gasteiger partial charge in [0.05, 0.1) is 11.4 Å². The summed E-state index contributed by atoms with van der Waals surface area (Å²) < 4.78 is 1.78. The van der Waals surface area contributed by atoms with E-state index in [1.165, 1.54) is 0 Å². The van der Waals surface area contributed by atoms with E-state index in [0.717, 1.165) is 16.9 Å². The molecule has 0 spiro atoms. The monoisotopic (exact) mass is 279 g/mol. The zero-order chi connectivity index (χ0) is 13.3. The van der Waals surface area contributed by atoms with Gasteiger partial charge < -0.3 is 5.73 Å². The highest BCUT2D eigenvalue weighted by atomic mass is 35.5. The van der Waals surface area contributed by atoms with Crippen LogP contribution in [0.25, 0.3) is 5.69 Å². The SMILES string of the molecule is CC(C)c1ccn(-c2ccc(Cl)cc2C(N)=S)n1. The van der Waals surface area contributed by atoms with Crippen LogP contribution in [0.4, 0.5) is 0 Å². The molecule has 0 atom stereocenters. The smallest absolute Gasteiger partial charge is 0.106 e. The van der Waals surface area contributed by atoms with E-state index in [4.69, 9.17) is 29.6 Å². The molecule has 0 aliphatic rings. The molecule has 0 saturated carbocycles. The number of halogens is 1. The van der Waals surface area contributed by atoms with Crippen LogP contribution in [0.3, 0.4) is 0 Å². The Kier molecular flexibility index (Phi) is 3.68. The van der Waals surface area contributed by atoms with E-state index in [-0.39, 0.29) is 0 Å². The zero-order valence-electron chi connectivity index (χ0n) is 10.2. The number of rotatable bonds is 3. The van der Waals surface area contributed by atoms with Crippen molar-refractivity contribution in [2.45, 2.75) is 19.8 Å². The molecule has 0 aliphatic heterocycles. The molecule has 0 saturated heterocycles. The summed E-state index contributed by atoms with van der Waals surface area (Å²) in [4.78, 5) is 0.314. The fraction of sp³-hybridized carbons (Fsp3) is 0.231. The highest BCUT2D eigenvalue weighted by molar-refractivity contribution is 7.80. The van der Waals surface area contributed by atoms with E-state index >= 15 is 0 Å². The average molecular weight is 280 g/mol. The van der Waals surface area contributed by atoms with Crippen LogP contribution in [0.5, 0.6) is 0 Å². The normalized spacial score (nSPS) is 10.9. The Balaban J connectivity index is 2.52. The number of benzene rings is 1. The van der Waals surface area contributed by atoms with Crippen LogP contribution in [0.1, 0.15) is 31.0 Å². The Bertz CT molecular complexity index is 590. The van der Waals surface area contributed by atoms with Crippen LogP contribution in [-0.4, -0.2) is 14.8 Å². The molecule has 0 fully saturated rings. The summed E-state index contributed by atoms with van der Waals surface area (Å²) in [7, 11) is 0. The first kappa shape index (κ1) is 13.1. The molecule has 0 unspecified atom stereocenters. The van der Waals surface area contributed by atoms with Gasteiger partial charge in [-0.05, 0) is 30.2 Å². The fourth-order valence-corrected chi connectivity index (χ4v) is 2.02. The van der Waals surface area contributed by atoms with Gasteiger partial charge in [0.1, 0.15) is 4.99 Å². The van der Waals surface area contributed by atoms with E-state index in [0.29, 0.717) is 15.9 Å². The summed E-state index contributed by atoms with van der Waals surface area (Å²) in [6, 6.07) is 7.42. The van der Waals surface area contributed by atoms with Gasteiger partial charge in [-0.3, -0.25) is 0 Å². The second-order valence-corrected chi connectivity index (χ2v) is 5.24. The molecule has 1 aromatic carbocycles. The number of thiocarbonyl (C=S) groups is 1. The van der Waals surface area contributed by atoms with Crippen LogP contribution < -0.4 is 5.73 Å². The van der Waals surface area contributed by atoms with Gasteiger partial charge >= 0.3 is 0 Å². The van der Waals surface area contributed by atoms with Gasteiger partial charge in [-0.2, -0.15) is 5.10 Å². The summed E-state index contributed by atoms with van der Waals surface area (Å²) in [6.07, 6.45) is 1.90. The van der Waals surface area contributed by atoms with Crippen molar-refractivity contribution in [2.75, 3.05) is 0 Å². The first-order valence-corrected chi connectivity index (χ1v) is 6.43. The predicted molar refractivity (Wildman–Crippen MR) is 78.6 cm³/mol. The van der Waals surface area contributed by atoms with Crippen LogP contribution in [0.2, 0.25) is 5.02 Å². The number of nitrogens with zero attached hydrogens (tertiary/aromatic N) is 2. The molecule has 0 bridgehead atoms. The summed E-state index contributed by atoms with van der Waals surface area (Å²) >= 11 is 11.0. The lowest BCUT2D eigenvalue weighted by molar-refractivity contribution is 0.768. The Labute approximate surface area is 117 Å². The van der Waals surface area contributed by atoms with E-state index in [2.05, 4.69) is 18.9 Å². The number of hydrogen-bond donors (Lipinski definition) is 1. The highest BCUT2D eigenvalue weighted by Gasteiger charge is 2.10. The van der Waals surface area contributed by atoms with E-state index in [9.17, 15) is 0 Å². The summed E-state index contributed by atoms with van der Waals surface area (Å²) in [5.41, 5.74) is 8.32. The first-order chi connectivity index (χ1) is 8.49. The molecule has 1 aromatic heterocycles. The van der Waals surface area contributed by atoms with Crippen LogP contribution in [-0.2, 0) is 0 Å². The third-order valence-electron chi connectivity index (χ3n) is 2.67. The molecule has 0 radical (unpaired) electrons. The molecule has 5 heteroatoms. The average Bonchev–Trinajstić information content (AvgIpc) is 2.78. The Hall–Kier alpha value is -1.39. The molecule has 0 aliphatic carbocycles. The van der Waals surface area contributed by atoms with E-state index in [1.54, 1.807) is 16.8 Å². The van der Waals surface area contributed by atoms with Crippen LogP contribution in [0, 0.1) is 0 Å². The molecule has 1 heterocycles. The third kappa shape index (κ3) is 2.54. The van der Waals surface area contributed by atoms with Gasteiger partial charge in [-0.1, -0.05) is 37.7 Å². The zero-order valence-corrected chi connectivity index (χ0v) is 11.8. The van der Waals surface area contributed by atoms with Crippen LogP contribution in [0.15, 0.2) is 30.5 Å². The lowest BCUT2D eigenvalue weighted by Gasteiger charge is -2.09. The van der Waals surface area contributed by atoms with Crippen molar-refractivity contribution in [1.29, 1.82) is 0 Å². The van der Waals surface area contributed by atoms with E-state index < -0.39 is 0 Å². The molecular weight excluding hydrogens is 266 g/mol. The molecular formula is C13H14ClN3S. The minimum Gasteiger partial charge on any atom is -0.389 e. The van der Waals surface area contributed by atoms with Gasteiger partial charge in [-0.15, -0.1) is 0 Å². The second-order valence-electron chi connectivity index (χ2n) is 4.37. The summed E-state index contributed by atoms with van der Waals surface area (Å²) in [6.45, 7) is 4.20. The summed E-state index contributed by atoms with van der Waals surface area (Å²) in [5, 5.41) is 5.12. The fourth-order valence-electron chi connectivity index (χ4n) is 1.69. The quantitative estimate of drug-likeness (QED) is 0.877. The van der Waals surface area contributed by atoms with Crippen molar-refractivity contribution < 1.29 is 0 Å². The van der Waals surface area contributed by atoms with Crippen molar-refractivity contribution >= 4 is 28.8 Å². The first-order valence-electron chi connectivity index (χ1n) is 5.64. The van der Waals surface area contributed by atoms with Gasteiger partial charge in [0, 0.05) is 16.8 Å². The van der Waals surface area contributed by atoms with Gasteiger partial charge in [0.15, 0.2) is 0 Å². The minimum absolute atomic E-state index is 0.314. The Morgan fingerprint density at radius 1 is 1.39 bits per heavy atom. The van der Waals surface area contributed by atoms with Crippen molar-refractivity contribution in [2.24, 2.45) is 5.73 Å². The maximum Gasteiger partial charge on any atom is 0.106 e. The maximum absolute atomic E-state index is 5.96. The topological polar surface area (TPSA) is 43.8 Å². The maximum atomic E-state index is 5.96. The van der Waals surface area contributed by atoms with Crippen LogP contribution >= 0.6 is 23.8 Å². The molecule has 2 rings (SSSR count). The lowest BCUT2D eigenvalue weighted by atomic mass is 10.1. The van der Waals surface area contributed by atoms with Crippen molar-refractivity contribution in [1.82, 2.24) is 9.78 Å². The number of hydrogen-bond acceptors (Lipinski definition) is 2. The molecule has 0 amide bonds. The second kappa shape index (κ2) is 5.08. The van der Waals surface area contributed by atoms with Gasteiger partial charge in [0.25, 0.3) is 0 Å². The minimum atomic E-state index is 0.314. The Morgan fingerprint density at radius 2 is 2.11 bits per heavy atom. The lowest BCUT2D eigenvalue weighted by Crippen LogP contribution is -2.13. The molecule has 2 aromatic rings. The molecule has 2 N–H and O–H groups in total. The largest absolute Gasteiger partial charge is 0.389 e. The van der Waals surface area contributed by atoms with Crippen molar-refractivity contribution in [3.8, 4) is 5.69 Å². The van der Waals surface area contributed by atoms with Gasteiger partial charge in [-0.25, -0.2) is 4.68 Å². The highest BCUT2D eigenvalue weighted by Crippen LogP contribution is 2.21. The van der Waals surface area contributed by atoms with Crippen molar-refractivity contribution in [3.63, 3.8) is 0 Å². The van der Waals surface area contributed by atoms with E-state index in [1.807, 2.05) is 18.3 Å². The number of nitrogens with two attached hydrogens (primary N) is 1. The molecule has 3 nitrogen and oxygen atoms in total. The number of aromatic nitrogens is 2. The summed E-state index contributed by atoms with van der Waals surface area (Å²) in [5.74, 6) is 0.381. The standard InChI is InChI=1S/C13H14ClN3S/c1-8(2)11-5-6-17(16-11)12-4-3-9(14)7-10(12)13(15)18/h3-8H,1-2H3,(H2,15,18). The predicted octanol–water partition coefficient (Wildman–Crippen LogP) is 3.28.